The van der Waals surface area contributed by atoms with Crippen LogP contribution in [-0.4, -0.2) is 48.5 Å². The molecule has 0 saturated carbocycles. The van der Waals surface area contributed by atoms with Crippen molar-refractivity contribution < 1.29 is 9.84 Å². The molecule has 1 heterocycles. The quantitative estimate of drug-likeness (QED) is 0.784. The average molecular weight is 305 g/mol. The Balaban J connectivity index is 2.48. The second-order valence-electron chi connectivity index (χ2n) is 4.89. The molecule has 0 aliphatic carbocycles. The number of aromatic nitrogens is 1. The minimum absolute atomic E-state index is 0.274. The average Bonchev–Trinajstić information content (AvgIpc) is 2.45. The summed E-state index contributed by atoms with van der Waals surface area (Å²) in [6, 6.07) is 7.77. The number of thiocarbonyl (C=S) groups is 1. The molecule has 0 bridgehead atoms. The third-order valence-corrected chi connectivity index (χ3v) is 3.46. The number of hydrogen-bond donors (Lipinski definition) is 2. The number of hydrogen-bond acceptors (Lipinski definition) is 5. The first kappa shape index (κ1) is 15.6. The highest BCUT2D eigenvalue weighted by atomic mass is 32.1. The molecule has 5 nitrogen and oxygen atoms in total. The van der Waals surface area contributed by atoms with Gasteiger partial charge in [0.1, 0.15) is 4.99 Å². The molecule has 2 rings (SSSR count). The van der Waals surface area contributed by atoms with E-state index in [1.165, 1.54) is 0 Å². The van der Waals surface area contributed by atoms with Crippen molar-refractivity contribution in [1.82, 2.24) is 4.98 Å². The third-order valence-electron chi connectivity index (χ3n) is 3.24. The number of methoxy groups -OCH3 is 1. The summed E-state index contributed by atoms with van der Waals surface area (Å²) < 4.78 is 4.97. The van der Waals surface area contributed by atoms with Crippen LogP contribution in [0, 0.1) is 0 Å². The number of rotatable bonds is 6. The zero-order valence-corrected chi connectivity index (χ0v) is 12.9. The lowest BCUT2D eigenvalue weighted by molar-refractivity contribution is 0.0695. The van der Waals surface area contributed by atoms with Crippen LogP contribution >= 0.6 is 12.2 Å². The molecule has 21 heavy (non-hydrogen) atoms. The van der Waals surface area contributed by atoms with E-state index in [1.54, 1.807) is 13.3 Å². The van der Waals surface area contributed by atoms with Gasteiger partial charge in [-0.25, -0.2) is 0 Å². The number of nitrogens with two attached hydrogens (primary N) is 1. The summed E-state index contributed by atoms with van der Waals surface area (Å²) in [5.74, 6) is 0. The molecule has 1 aromatic carbocycles. The number of aliphatic hydroxyl groups excluding tert-OH is 1. The predicted molar refractivity (Wildman–Crippen MR) is 88.8 cm³/mol. The minimum atomic E-state index is -0.592. The molecule has 6 heteroatoms. The number of nitrogens with zero attached hydrogens (tertiary/aromatic N) is 2. The number of benzene rings is 1. The second-order valence-corrected chi connectivity index (χ2v) is 5.33. The van der Waals surface area contributed by atoms with Crippen molar-refractivity contribution in [3.63, 3.8) is 0 Å². The normalized spacial score (nSPS) is 12.3. The fraction of sp³-hybridized carbons (Fsp3) is 0.333. The molecule has 0 saturated heterocycles. The summed E-state index contributed by atoms with van der Waals surface area (Å²) in [5, 5.41) is 10.9. The lowest BCUT2D eigenvalue weighted by Gasteiger charge is -2.26. The zero-order chi connectivity index (χ0) is 15.4. The first-order valence-electron chi connectivity index (χ1n) is 6.60. The molecule has 1 atom stereocenters. The maximum Gasteiger partial charge on any atom is 0.107 e. The van der Waals surface area contributed by atoms with E-state index >= 15 is 0 Å². The van der Waals surface area contributed by atoms with Crippen molar-refractivity contribution in [2.24, 2.45) is 5.73 Å². The van der Waals surface area contributed by atoms with Crippen LogP contribution in [0.2, 0.25) is 0 Å². The van der Waals surface area contributed by atoms with E-state index in [4.69, 9.17) is 22.7 Å². The Hall–Kier alpha value is -1.76. The molecule has 0 aliphatic rings. The Bertz CT molecular complexity index is 648. The topological polar surface area (TPSA) is 71.6 Å². The fourth-order valence-electron chi connectivity index (χ4n) is 2.37. The lowest BCUT2D eigenvalue weighted by Crippen LogP contribution is -2.33. The van der Waals surface area contributed by atoms with Gasteiger partial charge in [0.15, 0.2) is 0 Å². The maximum absolute atomic E-state index is 9.94. The van der Waals surface area contributed by atoms with E-state index in [9.17, 15) is 5.11 Å². The molecule has 0 aliphatic heterocycles. The van der Waals surface area contributed by atoms with Crippen molar-refractivity contribution in [2.45, 2.75) is 6.10 Å². The van der Waals surface area contributed by atoms with Gasteiger partial charge >= 0.3 is 0 Å². The van der Waals surface area contributed by atoms with Gasteiger partial charge in [-0.3, -0.25) is 4.98 Å². The summed E-state index contributed by atoms with van der Waals surface area (Å²) in [4.78, 5) is 6.60. The summed E-state index contributed by atoms with van der Waals surface area (Å²) in [5.41, 5.74) is 8.25. The van der Waals surface area contributed by atoms with Gasteiger partial charge in [0, 0.05) is 32.3 Å². The van der Waals surface area contributed by atoms with Crippen LogP contribution in [-0.2, 0) is 4.74 Å². The molecule has 0 radical (unpaired) electrons. The number of fused-ring (bicyclic) bond motifs is 1. The number of para-hydroxylation sites is 1. The second kappa shape index (κ2) is 6.80. The summed E-state index contributed by atoms with van der Waals surface area (Å²) in [7, 11) is 3.45. The highest BCUT2D eigenvalue weighted by Crippen LogP contribution is 2.28. The predicted octanol–water partition coefficient (Wildman–Crippen LogP) is 1.31. The van der Waals surface area contributed by atoms with Gasteiger partial charge in [-0.15, -0.1) is 0 Å². The molecule has 0 spiro atoms. The summed E-state index contributed by atoms with van der Waals surface area (Å²) >= 11 is 5.12. The van der Waals surface area contributed by atoms with Crippen LogP contribution in [0.15, 0.2) is 30.5 Å². The van der Waals surface area contributed by atoms with E-state index in [0.29, 0.717) is 12.1 Å². The highest BCUT2D eigenvalue weighted by Gasteiger charge is 2.17. The highest BCUT2D eigenvalue weighted by molar-refractivity contribution is 7.80. The molecule has 2 aromatic rings. The number of likely N-dealkylation sites (N-methyl/N-ethyl adjacent to an activating group) is 1. The lowest BCUT2D eigenvalue weighted by atomic mass is 10.1. The van der Waals surface area contributed by atoms with E-state index in [-0.39, 0.29) is 11.6 Å². The van der Waals surface area contributed by atoms with Crippen molar-refractivity contribution in [3.05, 3.63) is 36.0 Å². The number of anilines is 1. The van der Waals surface area contributed by atoms with Crippen molar-refractivity contribution in [3.8, 4) is 0 Å². The summed E-state index contributed by atoms with van der Waals surface area (Å²) in [6.45, 7) is 0.688. The van der Waals surface area contributed by atoms with Gasteiger partial charge in [-0.2, -0.15) is 0 Å². The van der Waals surface area contributed by atoms with Crippen molar-refractivity contribution in [1.29, 1.82) is 0 Å². The molecule has 112 valence electrons. The molecule has 1 aromatic heterocycles. The molecular formula is C15H19N3O2S. The van der Waals surface area contributed by atoms with Crippen LogP contribution in [0.25, 0.3) is 10.9 Å². The first-order valence-corrected chi connectivity index (χ1v) is 7.01. The van der Waals surface area contributed by atoms with E-state index in [2.05, 4.69) is 4.98 Å². The van der Waals surface area contributed by atoms with Crippen LogP contribution in [0.4, 0.5) is 5.69 Å². The molecule has 0 fully saturated rings. The molecule has 3 N–H and O–H groups in total. The van der Waals surface area contributed by atoms with Gasteiger partial charge in [0.2, 0.25) is 0 Å². The Morgan fingerprint density at radius 1 is 1.48 bits per heavy atom. The monoisotopic (exact) mass is 305 g/mol. The molecule has 1 unspecified atom stereocenters. The van der Waals surface area contributed by atoms with Crippen molar-refractivity contribution >= 4 is 33.8 Å². The smallest absolute Gasteiger partial charge is 0.107 e. The van der Waals surface area contributed by atoms with Crippen LogP contribution < -0.4 is 10.6 Å². The van der Waals surface area contributed by atoms with E-state index < -0.39 is 6.10 Å². The maximum atomic E-state index is 9.94. The standard InChI is InChI=1S/C15H19N3O2S/c1-18(8-10(19)9-20-2)14-11-5-3-4-6-13(11)17-7-12(14)15(16)21/h3-7,10,19H,8-9H2,1-2H3,(H2,16,21). The minimum Gasteiger partial charge on any atom is -0.389 e. The van der Waals surface area contributed by atoms with Gasteiger partial charge < -0.3 is 20.5 Å². The Morgan fingerprint density at radius 2 is 2.19 bits per heavy atom. The fourth-order valence-corrected chi connectivity index (χ4v) is 2.52. The zero-order valence-electron chi connectivity index (χ0n) is 12.1. The van der Waals surface area contributed by atoms with Gasteiger partial charge in [-0.05, 0) is 6.07 Å². The Kier molecular flexibility index (Phi) is 5.06. The van der Waals surface area contributed by atoms with Crippen LogP contribution in [0.5, 0.6) is 0 Å². The number of aliphatic hydroxyl groups is 1. The SMILES string of the molecule is COCC(O)CN(C)c1c(C(N)=S)cnc2ccccc12. The third kappa shape index (κ3) is 3.47. The molecular weight excluding hydrogens is 286 g/mol. The van der Waals surface area contributed by atoms with Gasteiger partial charge in [-0.1, -0.05) is 30.4 Å². The number of pyridine rings is 1. The summed E-state index contributed by atoms with van der Waals surface area (Å²) in [6.07, 6.45) is 1.09. The van der Waals surface area contributed by atoms with E-state index in [1.807, 2.05) is 36.2 Å². The van der Waals surface area contributed by atoms with Crippen molar-refractivity contribution in [2.75, 3.05) is 32.2 Å². The first-order chi connectivity index (χ1) is 10.0. The Morgan fingerprint density at radius 3 is 2.86 bits per heavy atom. The van der Waals surface area contributed by atoms with Crippen LogP contribution in [0.3, 0.4) is 0 Å². The number of ether oxygens (including phenoxy) is 1. The van der Waals surface area contributed by atoms with Crippen LogP contribution in [0.1, 0.15) is 5.56 Å². The van der Waals surface area contributed by atoms with Gasteiger partial charge in [0.05, 0.1) is 29.5 Å². The van der Waals surface area contributed by atoms with E-state index in [0.717, 1.165) is 16.6 Å². The van der Waals surface area contributed by atoms with Gasteiger partial charge in [0.25, 0.3) is 0 Å². The largest absolute Gasteiger partial charge is 0.389 e. The molecule has 0 amide bonds. The Labute approximate surface area is 129 Å².